The smallest absolute Gasteiger partial charge is 0.0181 e. The lowest BCUT2D eigenvalue weighted by molar-refractivity contribution is -0.351. The molecule has 0 N–H and O–H groups in total. The van der Waals surface area contributed by atoms with Crippen molar-refractivity contribution in [2.75, 3.05) is 0 Å². The lowest BCUT2D eigenvalue weighted by Crippen LogP contribution is -2.77. The maximum absolute atomic E-state index is 2.77. The van der Waals surface area contributed by atoms with Gasteiger partial charge in [0.2, 0.25) is 0 Å². The molecular formula is C23H38. The van der Waals surface area contributed by atoms with Crippen molar-refractivity contribution in [2.24, 2.45) is 63.6 Å². The van der Waals surface area contributed by atoms with Crippen molar-refractivity contribution in [2.45, 2.75) is 80.1 Å². The molecule has 0 spiro atoms. The zero-order valence-corrected chi connectivity index (χ0v) is 16.4. The first-order valence-corrected chi connectivity index (χ1v) is 10.8. The topological polar surface area (TPSA) is 0 Å². The Morgan fingerprint density at radius 3 is 2.22 bits per heavy atom. The zero-order chi connectivity index (χ0) is 16.4. The van der Waals surface area contributed by atoms with Crippen LogP contribution in [0.1, 0.15) is 80.1 Å². The molecule has 0 amide bonds. The highest BCUT2D eigenvalue weighted by atomic mass is 14.8. The summed E-state index contributed by atoms with van der Waals surface area (Å²) in [4.78, 5) is 0. The molecule has 0 nitrogen and oxygen atoms in total. The van der Waals surface area contributed by atoms with Crippen molar-refractivity contribution in [1.29, 1.82) is 0 Å². The van der Waals surface area contributed by atoms with E-state index >= 15 is 0 Å². The second kappa shape index (κ2) is 4.21. The number of hydrogen-bond acceptors (Lipinski definition) is 0. The van der Waals surface area contributed by atoms with Crippen molar-refractivity contribution < 1.29 is 0 Å². The fourth-order valence-corrected chi connectivity index (χ4v) is 10.4. The van der Waals surface area contributed by atoms with E-state index in [0.29, 0.717) is 16.2 Å². The summed E-state index contributed by atoms with van der Waals surface area (Å²) in [7, 11) is 0. The van der Waals surface area contributed by atoms with Gasteiger partial charge in [0.05, 0.1) is 0 Å². The molecule has 10 aliphatic carbocycles. The van der Waals surface area contributed by atoms with Crippen molar-refractivity contribution in [3.63, 3.8) is 0 Å². The molecule has 23 heavy (non-hydrogen) atoms. The Morgan fingerprint density at radius 2 is 1.52 bits per heavy atom. The Morgan fingerprint density at radius 1 is 0.826 bits per heavy atom. The van der Waals surface area contributed by atoms with E-state index in [0.717, 1.165) is 47.3 Å². The largest absolute Gasteiger partial charge is 0.0651 e. The van der Waals surface area contributed by atoms with Gasteiger partial charge in [0.1, 0.15) is 0 Å². The Bertz CT molecular complexity index is 532. The van der Waals surface area contributed by atoms with Gasteiger partial charge in [0, 0.05) is 0 Å². The Labute approximate surface area is 144 Å². The molecule has 10 aliphatic rings. The second-order valence-corrected chi connectivity index (χ2v) is 11.6. The predicted molar refractivity (Wildman–Crippen MR) is 97.0 cm³/mol. The van der Waals surface area contributed by atoms with E-state index in [1.54, 1.807) is 25.7 Å². The van der Waals surface area contributed by atoms with Gasteiger partial charge >= 0.3 is 0 Å². The molecule has 10 rings (SSSR count). The van der Waals surface area contributed by atoms with Crippen LogP contribution in [0.5, 0.6) is 0 Å². The van der Waals surface area contributed by atoms with Gasteiger partial charge in [0.15, 0.2) is 0 Å². The SMILES string of the molecule is CCC1C2CC3CC(C2)C2(C)C4C(C)CC1CC(C)(C)C2(C)C34. The van der Waals surface area contributed by atoms with Gasteiger partial charge in [-0.25, -0.2) is 0 Å². The second-order valence-electron chi connectivity index (χ2n) is 11.6. The normalized spacial score (nSPS) is 65.0. The summed E-state index contributed by atoms with van der Waals surface area (Å²) >= 11 is 0. The maximum Gasteiger partial charge on any atom is -0.0181 e. The first-order chi connectivity index (χ1) is 10.8. The van der Waals surface area contributed by atoms with Crippen molar-refractivity contribution >= 4 is 0 Å². The van der Waals surface area contributed by atoms with E-state index in [4.69, 9.17) is 0 Å². The fourth-order valence-electron chi connectivity index (χ4n) is 10.4. The van der Waals surface area contributed by atoms with Crippen LogP contribution in [0.4, 0.5) is 0 Å². The fraction of sp³-hybridized carbons (Fsp3) is 1.00. The first kappa shape index (κ1) is 15.3. The molecule has 0 aromatic heterocycles. The van der Waals surface area contributed by atoms with E-state index in [2.05, 4.69) is 41.5 Å². The highest BCUT2D eigenvalue weighted by molar-refractivity contribution is 5.27. The van der Waals surface area contributed by atoms with Gasteiger partial charge in [-0.3, -0.25) is 0 Å². The summed E-state index contributed by atoms with van der Waals surface area (Å²) in [5.74, 6) is 8.31. The Kier molecular flexibility index (Phi) is 2.80. The summed E-state index contributed by atoms with van der Waals surface area (Å²) in [6.07, 6.45) is 9.28. The van der Waals surface area contributed by atoms with Crippen molar-refractivity contribution in [3.8, 4) is 0 Å². The molecule has 0 heterocycles. The third-order valence-electron chi connectivity index (χ3n) is 11.1. The van der Waals surface area contributed by atoms with Gasteiger partial charge in [-0.15, -0.1) is 0 Å². The van der Waals surface area contributed by atoms with Gasteiger partial charge in [-0.2, -0.15) is 0 Å². The third-order valence-corrected chi connectivity index (χ3v) is 11.1. The molecule has 10 atom stereocenters. The number of hydrogen-bond donors (Lipinski definition) is 0. The minimum atomic E-state index is 0.539. The lowest BCUT2D eigenvalue weighted by atomic mass is 9.22. The maximum atomic E-state index is 2.77. The first-order valence-electron chi connectivity index (χ1n) is 10.8. The van der Waals surface area contributed by atoms with Crippen molar-refractivity contribution in [1.82, 2.24) is 0 Å². The van der Waals surface area contributed by atoms with Crippen LogP contribution < -0.4 is 0 Å². The Hall–Kier alpha value is 0. The van der Waals surface area contributed by atoms with Gasteiger partial charge in [0.25, 0.3) is 0 Å². The van der Waals surface area contributed by atoms with Crippen LogP contribution >= 0.6 is 0 Å². The highest BCUT2D eigenvalue weighted by Crippen LogP contribution is 2.85. The molecule has 0 heteroatoms. The average Bonchev–Trinajstić information content (AvgIpc) is 2.52. The van der Waals surface area contributed by atoms with Gasteiger partial charge in [-0.1, -0.05) is 48.0 Å². The summed E-state index contributed by atoms with van der Waals surface area (Å²) in [6, 6.07) is 0. The van der Waals surface area contributed by atoms with Crippen LogP contribution in [0, 0.1) is 63.6 Å². The molecule has 130 valence electrons. The Balaban J connectivity index is 1.78. The minimum absolute atomic E-state index is 0.539. The van der Waals surface area contributed by atoms with E-state index in [1.165, 1.54) is 12.8 Å². The molecule has 0 saturated heterocycles. The highest BCUT2D eigenvalue weighted by Gasteiger charge is 2.80. The zero-order valence-electron chi connectivity index (χ0n) is 16.4. The van der Waals surface area contributed by atoms with Crippen LogP contribution in [0.15, 0.2) is 0 Å². The number of rotatable bonds is 1. The minimum Gasteiger partial charge on any atom is -0.0651 e. The molecule has 0 aliphatic heterocycles. The van der Waals surface area contributed by atoms with Crippen molar-refractivity contribution in [3.05, 3.63) is 0 Å². The lowest BCUT2D eigenvalue weighted by Gasteiger charge is -2.82. The van der Waals surface area contributed by atoms with Crippen LogP contribution in [-0.4, -0.2) is 0 Å². The van der Waals surface area contributed by atoms with E-state index in [-0.39, 0.29) is 0 Å². The quantitative estimate of drug-likeness (QED) is 0.525. The van der Waals surface area contributed by atoms with E-state index < -0.39 is 0 Å². The van der Waals surface area contributed by atoms with Crippen LogP contribution in [0.2, 0.25) is 0 Å². The summed E-state index contributed by atoms with van der Waals surface area (Å²) in [5.41, 5.74) is 1.79. The van der Waals surface area contributed by atoms with Crippen LogP contribution in [-0.2, 0) is 0 Å². The van der Waals surface area contributed by atoms with Crippen LogP contribution in [0.25, 0.3) is 0 Å². The van der Waals surface area contributed by atoms with Gasteiger partial charge < -0.3 is 0 Å². The molecule has 10 saturated carbocycles. The standard InChI is InChI=1S/C23H38/c1-7-18-14-9-15-11-17(10-14)22(5)19-13(2)8-16(18)12-21(3,4)23(22,6)20(15)19/h13-20H,7-12H2,1-6H3. The summed E-state index contributed by atoms with van der Waals surface area (Å²) in [6.45, 7) is 16.0. The predicted octanol–water partition coefficient (Wildman–Crippen LogP) is 6.40. The monoisotopic (exact) mass is 314 g/mol. The molecule has 10 unspecified atom stereocenters. The molecule has 10 fully saturated rings. The van der Waals surface area contributed by atoms with E-state index in [9.17, 15) is 0 Å². The third kappa shape index (κ3) is 1.41. The molecular weight excluding hydrogens is 276 g/mol. The molecule has 0 radical (unpaired) electrons. The summed E-state index contributed by atoms with van der Waals surface area (Å²) < 4.78 is 0. The average molecular weight is 315 g/mol. The summed E-state index contributed by atoms with van der Waals surface area (Å²) in [5, 5.41) is 0. The molecule has 8 bridgehead atoms. The van der Waals surface area contributed by atoms with Gasteiger partial charge in [-0.05, 0) is 95.7 Å². The molecule has 0 aromatic carbocycles. The van der Waals surface area contributed by atoms with Crippen LogP contribution in [0.3, 0.4) is 0 Å². The van der Waals surface area contributed by atoms with E-state index in [1.807, 2.05) is 0 Å². The molecule has 0 aromatic rings.